The van der Waals surface area contributed by atoms with Crippen molar-refractivity contribution in [1.82, 2.24) is 0 Å². The van der Waals surface area contributed by atoms with Gasteiger partial charge in [-0.05, 0) is 94.4 Å². The van der Waals surface area contributed by atoms with E-state index in [1.54, 1.807) is 0 Å². The zero-order valence-corrected chi connectivity index (χ0v) is 19.5. The second-order valence-electron chi connectivity index (χ2n) is 8.79. The quantitative estimate of drug-likeness (QED) is 0.228. The van der Waals surface area contributed by atoms with Crippen LogP contribution in [0.4, 0.5) is 17.1 Å². The number of halogens is 1. The Hall–Kier alpha value is -3.56. The van der Waals surface area contributed by atoms with Gasteiger partial charge in [0.15, 0.2) is 11.5 Å². The average Bonchev–Trinajstić information content (AvgIpc) is 2.84. The molecule has 1 heterocycles. The van der Waals surface area contributed by atoms with Crippen LogP contribution in [0, 0.1) is 0 Å². The molecule has 5 aromatic carbocycles. The number of benzene rings is 5. The summed E-state index contributed by atoms with van der Waals surface area (Å²) in [5.41, 5.74) is 8.98. The molecule has 158 valence electrons. The first-order valence-corrected chi connectivity index (χ1v) is 12.0. The molecule has 0 fully saturated rings. The van der Waals surface area contributed by atoms with Gasteiger partial charge in [0.25, 0.3) is 0 Å². The number of fused-ring (bicyclic) bond motifs is 5. The molecular weight excluding hydrogens is 470 g/mol. The van der Waals surface area contributed by atoms with E-state index < -0.39 is 0 Å². The van der Waals surface area contributed by atoms with Crippen LogP contribution in [0.15, 0.2) is 102 Å². The lowest BCUT2D eigenvalue weighted by Crippen LogP contribution is -2.15. The first kappa shape index (κ1) is 19.0. The Morgan fingerprint density at radius 2 is 1.21 bits per heavy atom. The number of hydrogen-bond donors (Lipinski definition) is 0. The molecule has 2 aliphatic rings. The highest BCUT2D eigenvalue weighted by atomic mass is 79.9. The largest absolute Gasteiger partial charge is 0.453 e. The molecule has 0 saturated carbocycles. The summed E-state index contributed by atoms with van der Waals surface area (Å²) in [4.78, 5) is 2.31. The van der Waals surface area contributed by atoms with E-state index in [0.29, 0.717) is 0 Å². The number of nitrogens with zero attached hydrogens (tertiary/aromatic N) is 1. The van der Waals surface area contributed by atoms with Crippen molar-refractivity contribution in [1.29, 1.82) is 0 Å². The van der Waals surface area contributed by atoms with Crippen LogP contribution >= 0.6 is 15.9 Å². The number of ether oxygens (including phenoxy) is 1. The van der Waals surface area contributed by atoms with E-state index >= 15 is 0 Å². The van der Waals surface area contributed by atoms with Gasteiger partial charge >= 0.3 is 0 Å². The number of rotatable bonds is 1. The van der Waals surface area contributed by atoms with Crippen molar-refractivity contribution in [2.45, 2.75) is 12.8 Å². The Bertz CT molecular complexity index is 1530. The SMILES string of the molecule is Brc1ccc2c(c1)Cc1cc3ccc(N4c5ccccc5Oc5ccccc54)cc3cc1C2. The predicted molar refractivity (Wildman–Crippen MR) is 138 cm³/mol. The first-order valence-electron chi connectivity index (χ1n) is 11.2. The highest BCUT2D eigenvalue weighted by Crippen LogP contribution is 2.50. The van der Waals surface area contributed by atoms with Crippen molar-refractivity contribution < 1.29 is 4.74 Å². The van der Waals surface area contributed by atoms with Gasteiger partial charge in [0, 0.05) is 10.2 Å². The van der Waals surface area contributed by atoms with Gasteiger partial charge < -0.3 is 9.64 Å². The topological polar surface area (TPSA) is 12.5 Å². The van der Waals surface area contributed by atoms with Gasteiger partial charge in [0.2, 0.25) is 0 Å². The van der Waals surface area contributed by atoms with Crippen LogP contribution in [0.25, 0.3) is 10.8 Å². The zero-order valence-electron chi connectivity index (χ0n) is 17.9. The van der Waals surface area contributed by atoms with E-state index in [2.05, 4.69) is 93.6 Å². The van der Waals surface area contributed by atoms with E-state index in [1.165, 1.54) is 33.0 Å². The molecule has 0 spiro atoms. The molecule has 2 nitrogen and oxygen atoms in total. The zero-order chi connectivity index (χ0) is 21.9. The maximum atomic E-state index is 6.19. The fourth-order valence-corrected chi connectivity index (χ4v) is 5.58. The second kappa shape index (κ2) is 7.23. The molecule has 33 heavy (non-hydrogen) atoms. The van der Waals surface area contributed by atoms with Crippen LogP contribution in [0.1, 0.15) is 22.3 Å². The van der Waals surface area contributed by atoms with Crippen molar-refractivity contribution in [3.8, 4) is 11.5 Å². The van der Waals surface area contributed by atoms with Crippen molar-refractivity contribution in [2.75, 3.05) is 4.90 Å². The predicted octanol–water partition coefficient (Wildman–Crippen LogP) is 8.67. The molecule has 0 radical (unpaired) electrons. The van der Waals surface area contributed by atoms with E-state index in [-0.39, 0.29) is 0 Å². The first-order chi connectivity index (χ1) is 16.2. The normalized spacial score (nSPS) is 13.5. The Kier molecular flexibility index (Phi) is 4.15. The van der Waals surface area contributed by atoms with Crippen molar-refractivity contribution in [3.05, 3.63) is 124 Å². The van der Waals surface area contributed by atoms with Gasteiger partial charge in [0.1, 0.15) is 0 Å². The lowest BCUT2D eigenvalue weighted by molar-refractivity contribution is 0.477. The van der Waals surface area contributed by atoms with Crippen molar-refractivity contribution >= 4 is 43.8 Å². The van der Waals surface area contributed by atoms with Crippen molar-refractivity contribution in [2.24, 2.45) is 0 Å². The second-order valence-corrected chi connectivity index (χ2v) is 9.71. The maximum absolute atomic E-state index is 6.19. The molecule has 3 heteroatoms. The van der Waals surface area contributed by atoms with Gasteiger partial charge in [-0.3, -0.25) is 0 Å². The van der Waals surface area contributed by atoms with Gasteiger partial charge in [-0.1, -0.05) is 64.5 Å². The number of hydrogen-bond acceptors (Lipinski definition) is 2. The summed E-state index contributed by atoms with van der Waals surface area (Å²) in [6.07, 6.45) is 1.98. The van der Waals surface area contributed by atoms with Gasteiger partial charge in [0.05, 0.1) is 11.4 Å². The van der Waals surface area contributed by atoms with E-state index in [1.807, 2.05) is 24.3 Å². The molecule has 0 amide bonds. The number of para-hydroxylation sites is 4. The fraction of sp³-hybridized carbons (Fsp3) is 0.0667. The van der Waals surface area contributed by atoms with Gasteiger partial charge in [-0.25, -0.2) is 0 Å². The molecule has 1 aliphatic heterocycles. The minimum atomic E-state index is 0.879. The monoisotopic (exact) mass is 489 g/mol. The lowest BCUT2D eigenvalue weighted by Gasteiger charge is -2.33. The summed E-state index contributed by atoms with van der Waals surface area (Å²) in [6, 6.07) is 34.7. The van der Waals surface area contributed by atoms with Crippen LogP contribution in [0.5, 0.6) is 11.5 Å². The summed E-state index contributed by atoms with van der Waals surface area (Å²) in [5.74, 6) is 1.76. The summed E-state index contributed by atoms with van der Waals surface area (Å²) < 4.78 is 7.34. The van der Waals surface area contributed by atoms with E-state index in [4.69, 9.17) is 4.74 Å². The smallest absolute Gasteiger partial charge is 0.151 e. The Balaban J connectivity index is 1.36. The van der Waals surface area contributed by atoms with E-state index in [0.717, 1.165) is 45.9 Å². The average molecular weight is 490 g/mol. The lowest BCUT2D eigenvalue weighted by atomic mass is 9.84. The summed E-state index contributed by atoms with van der Waals surface area (Å²) in [6.45, 7) is 0. The molecule has 0 unspecified atom stereocenters. The van der Waals surface area contributed by atoms with Crippen LogP contribution in [0.2, 0.25) is 0 Å². The molecule has 0 aromatic heterocycles. The Morgan fingerprint density at radius 3 is 1.97 bits per heavy atom. The molecule has 0 atom stereocenters. The molecule has 7 rings (SSSR count). The Labute approximate surface area is 201 Å². The van der Waals surface area contributed by atoms with Crippen LogP contribution < -0.4 is 9.64 Å². The third-order valence-corrected chi connectivity index (χ3v) is 7.26. The van der Waals surface area contributed by atoms with Crippen molar-refractivity contribution in [3.63, 3.8) is 0 Å². The third-order valence-electron chi connectivity index (χ3n) is 6.76. The fourth-order valence-electron chi connectivity index (χ4n) is 5.17. The molecular formula is C30H20BrNO. The standard InChI is InChI=1S/C30H20BrNO/c31-25-11-9-19-13-22-16-24-18-26(12-10-20(24)14-21(22)15-23(19)17-25)32-27-5-1-3-7-29(27)33-30-8-4-2-6-28(30)32/h1-12,14,16-18H,13,15H2. The Morgan fingerprint density at radius 1 is 0.576 bits per heavy atom. The number of anilines is 3. The molecule has 1 aliphatic carbocycles. The highest BCUT2D eigenvalue weighted by Gasteiger charge is 2.25. The van der Waals surface area contributed by atoms with Crippen LogP contribution in [-0.4, -0.2) is 0 Å². The van der Waals surface area contributed by atoms with Crippen LogP contribution in [-0.2, 0) is 12.8 Å². The maximum Gasteiger partial charge on any atom is 0.151 e. The minimum Gasteiger partial charge on any atom is -0.453 e. The van der Waals surface area contributed by atoms with Gasteiger partial charge in [-0.15, -0.1) is 0 Å². The van der Waals surface area contributed by atoms with Crippen LogP contribution in [0.3, 0.4) is 0 Å². The summed E-state index contributed by atoms with van der Waals surface area (Å²) >= 11 is 3.63. The van der Waals surface area contributed by atoms with E-state index in [9.17, 15) is 0 Å². The summed E-state index contributed by atoms with van der Waals surface area (Å²) in [7, 11) is 0. The molecule has 0 N–H and O–H groups in total. The highest BCUT2D eigenvalue weighted by molar-refractivity contribution is 9.10. The summed E-state index contributed by atoms with van der Waals surface area (Å²) in [5, 5.41) is 2.55. The van der Waals surface area contributed by atoms with Gasteiger partial charge in [-0.2, -0.15) is 0 Å². The molecule has 0 saturated heterocycles. The molecule has 5 aromatic rings. The minimum absolute atomic E-state index is 0.879. The molecule has 0 bridgehead atoms. The third kappa shape index (κ3) is 3.07.